The Kier molecular flexibility index (Phi) is 4.44. The number of halogens is 1. The van der Waals surface area contributed by atoms with Crippen LogP contribution in [0, 0.1) is 5.82 Å². The minimum absolute atomic E-state index is 0.0261. The zero-order chi connectivity index (χ0) is 13.9. The molecule has 1 N–H and O–H groups in total. The van der Waals surface area contributed by atoms with Gasteiger partial charge in [-0.15, -0.1) is 11.3 Å². The molecule has 2 heterocycles. The summed E-state index contributed by atoms with van der Waals surface area (Å²) in [4.78, 5) is 2.72. The lowest BCUT2D eigenvalue weighted by Crippen LogP contribution is -2.22. The second kappa shape index (κ2) is 6.29. The fourth-order valence-corrected chi connectivity index (χ4v) is 5.06. The Hall–Kier alpha value is -0.840. The van der Waals surface area contributed by atoms with Crippen LogP contribution in [-0.4, -0.2) is 12.3 Å². The van der Waals surface area contributed by atoms with E-state index < -0.39 is 0 Å². The molecule has 1 atom stereocenters. The van der Waals surface area contributed by atoms with Crippen molar-refractivity contribution >= 4 is 23.1 Å². The lowest BCUT2D eigenvalue weighted by Gasteiger charge is -2.17. The molecule has 1 aliphatic rings. The molecule has 0 aliphatic carbocycles. The maximum absolute atomic E-state index is 14.1. The highest BCUT2D eigenvalue weighted by Gasteiger charge is 2.22. The monoisotopic (exact) mass is 307 g/mol. The minimum Gasteiger partial charge on any atom is -0.306 e. The Morgan fingerprint density at radius 2 is 2.20 bits per heavy atom. The Morgan fingerprint density at radius 3 is 2.95 bits per heavy atom. The first kappa shape index (κ1) is 14.1. The summed E-state index contributed by atoms with van der Waals surface area (Å²) in [6.07, 6.45) is 1.15. The summed E-state index contributed by atoms with van der Waals surface area (Å²) in [6.45, 7) is 2.90. The lowest BCUT2D eigenvalue weighted by molar-refractivity contribution is 0.563. The van der Waals surface area contributed by atoms with Gasteiger partial charge in [0.2, 0.25) is 0 Å². The van der Waals surface area contributed by atoms with Gasteiger partial charge in [-0.1, -0.05) is 25.1 Å². The highest BCUT2D eigenvalue weighted by Crippen LogP contribution is 2.37. The van der Waals surface area contributed by atoms with Crippen molar-refractivity contribution in [2.45, 2.75) is 25.1 Å². The van der Waals surface area contributed by atoms with Crippen molar-refractivity contribution in [2.24, 2.45) is 0 Å². The summed E-state index contributed by atoms with van der Waals surface area (Å²) in [5, 5.41) is 3.43. The number of benzene rings is 1. The number of hydrogen-bond acceptors (Lipinski definition) is 3. The maximum atomic E-state index is 14.1. The summed E-state index contributed by atoms with van der Waals surface area (Å²) in [5.41, 5.74) is 2.20. The summed E-state index contributed by atoms with van der Waals surface area (Å²) < 4.78 is 14.1. The van der Waals surface area contributed by atoms with Crippen LogP contribution >= 0.6 is 23.1 Å². The van der Waals surface area contributed by atoms with Gasteiger partial charge in [-0.2, -0.15) is 11.8 Å². The topological polar surface area (TPSA) is 12.0 Å². The third kappa shape index (κ3) is 2.78. The molecule has 0 saturated carbocycles. The predicted octanol–water partition coefficient (Wildman–Crippen LogP) is 4.38. The minimum atomic E-state index is -0.126. The van der Waals surface area contributed by atoms with Gasteiger partial charge in [-0.25, -0.2) is 4.39 Å². The van der Waals surface area contributed by atoms with Crippen LogP contribution in [0.3, 0.4) is 0 Å². The van der Waals surface area contributed by atoms with Crippen LogP contribution in [0.5, 0.6) is 0 Å². The van der Waals surface area contributed by atoms with Crippen LogP contribution < -0.4 is 5.32 Å². The molecule has 0 amide bonds. The number of thiophene rings is 1. The Bertz CT molecular complexity index is 570. The standard InChI is InChI=1S/C16H18FNS2/c1-2-18-16(12-5-3-4-6-13(12)17)15-9-11-10-19-8-7-14(11)20-15/h3-6,9,16,18H,2,7-8,10H2,1H3. The van der Waals surface area contributed by atoms with Gasteiger partial charge in [-0.3, -0.25) is 0 Å². The van der Waals surface area contributed by atoms with E-state index in [2.05, 4.69) is 18.3 Å². The second-order valence-corrected chi connectivity index (χ2v) is 7.19. The molecule has 106 valence electrons. The molecular formula is C16H18FNS2. The molecule has 20 heavy (non-hydrogen) atoms. The molecule has 1 nitrogen and oxygen atoms in total. The Balaban J connectivity index is 1.98. The van der Waals surface area contributed by atoms with Crippen molar-refractivity contribution in [1.82, 2.24) is 5.32 Å². The molecule has 0 spiro atoms. The first-order valence-corrected chi connectivity index (χ1v) is 8.93. The van der Waals surface area contributed by atoms with Crippen LogP contribution in [0.1, 0.15) is 33.8 Å². The number of hydrogen-bond donors (Lipinski definition) is 1. The summed E-state index contributed by atoms with van der Waals surface area (Å²) in [6, 6.07) is 9.33. The van der Waals surface area contributed by atoms with Crippen molar-refractivity contribution in [1.29, 1.82) is 0 Å². The lowest BCUT2D eigenvalue weighted by atomic mass is 10.0. The number of thioether (sulfide) groups is 1. The predicted molar refractivity (Wildman–Crippen MR) is 86.1 cm³/mol. The molecule has 1 aromatic heterocycles. The first-order chi connectivity index (χ1) is 9.79. The van der Waals surface area contributed by atoms with Crippen molar-refractivity contribution in [3.63, 3.8) is 0 Å². The van der Waals surface area contributed by atoms with Crippen LogP contribution in [-0.2, 0) is 12.2 Å². The van der Waals surface area contributed by atoms with E-state index >= 15 is 0 Å². The van der Waals surface area contributed by atoms with Crippen LogP contribution in [0.25, 0.3) is 0 Å². The fourth-order valence-electron chi connectivity index (χ4n) is 2.59. The quantitative estimate of drug-likeness (QED) is 0.900. The van der Waals surface area contributed by atoms with E-state index in [1.165, 1.54) is 21.1 Å². The molecule has 0 bridgehead atoms. The zero-order valence-corrected chi connectivity index (χ0v) is 13.1. The third-order valence-corrected chi connectivity index (χ3v) is 5.87. The van der Waals surface area contributed by atoms with E-state index in [4.69, 9.17) is 0 Å². The second-order valence-electron chi connectivity index (χ2n) is 4.91. The molecule has 1 unspecified atom stereocenters. The SMILES string of the molecule is CCNC(c1cc2c(s1)CCSC2)c1ccccc1F. The average Bonchev–Trinajstić information content (AvgIpc) is 2.89. The molecule has 4 heteroatoms. The molecule has 3 rings (SSSR count). The molecule has 0 radical (unpaired) electrons. The van der Waals surface area contributed by atoms with Gasteiger partial charge in [0, 0.05) is 21.1 Å². The maximum Gasteiger partial charge on any atom is 0.128 e. The third-order valence-electron chi connectivity index (χ3n) is 3.56. The van der Waals surface area contributed by atoms with Gasteiger partial charge >= 0.3 is 0 Å². The first-order valence-electron chi connectivity index (χ1n) is 6.96. The van der Waals surface area contributed by atoms with Crippen molar-refractivity contribution in [3.8, 4) is 0 Å². The molecule has 0 saturated heterocycles. The summed E-state index contributed by atoms with van der Waals surface area (Å²) >= 11 is 3.83. The van der Waals surface area contributed by atoms with Crippen LogP contribution in [0.4, 0.5) is 4.39 Å². The van der Waals surface area contributed by atoms with Gasteiger partial charge in [-0.05, 0) is 36.4 Å². The van der Waals surface area contributed by atoms with E-state index in [0.717, 1.165) is 24.3 Å². The zero-order valence-electron chi connectivity index (χ0n) is 11.5. The number of aryl methyl sites for hydroxylation is 1. The van der Waals surface area contributed by atoms with Crippen molar-refractivity contribution in [2.75, 3.05) is 12.3 Å². The van der Waals surface area contributed by atoms with E-state index in [1.54, 1.807) is 12.1 Å². The highest BCUT2D eigenvalue weighted by atomic mass is 32.2. The number of nitrogens with one attached hydrogen (secondary N) is 1. The number of fused-ring (bicyclic) bond motifs is 1. The molecule has 0 fully saturated rings. The smallest absolute Gasteiger partial charge is 0.128 e. The normalized spacial score (nSPS) is 15.9. The average molecular weight is 307 g/mol. The largest absolute Gasteiger partial charge is 0.306 e. The van der Waals surface area contributed by atoms with E-state index in [-0.39, 0.29) is 11.9 Å². The van der Waals surface area contributed by atoms with Gasteiger partial charge in [0.15, 0.2) is 0 Å². The van der Waals surface area contributed by atoms with Crippen molar-refractivity contribution in [3.05, 3.63) is 57.0 Å². The fraction of sp³-hybridized carbons (Fsp3) is 0.375. The summed E-state index contributed by atoms with van der Waals surface area (Å²) in [7, 11) is 0. The van der Waals surface area contributed by atoms with Gasteiger partial charge in [0.05, 0.1) is 6.04 Å². The number of rotatable bonds is 4. The Labute approximate surface area is 127 Å². The van der Waals surface area contributed by atoms with Crippen LogP contribution in [0.2, 0.25) is 0 Å². The van der Waals surface area contributed by atoms with Gasteiger partial charge < -0.3 is 5.32 Å². The molecular weight excluding hydrogens is 289 g/mol. The van der Waals surface area contributed by atoms with E-state index in [0.29, 0.717) is 0 Å². The van der Waals surface area contributed by atoms with Gasteiger partial charge in [0.25, 0.3) is 0 Å². The van der Waals surface area contributed by atoms with Gasteiger partial charge in [0.1, 0.15) is 5.82 Å². The molecule has 1 aliphatic heterocycles. The molecule has 2 aromatic rings. The summed E-state index contributed by atoms with van der Waals surface area (Å²) in [5.74, 6) is 2.18. The van der Waals surface area contributed by atoms with Crippen LogP contribution in [0.15, 0.2) is 30.3 Å². The highest BCUT2D eigenvalue weighted by molar-refractivity contribution is 7.98. The Morgan fingerprint density at radius 1 is 1.35 bits per heavy atom. The van der Waals surface area contributed by atoms with Crippen molar-refractivity contribution < 1.29 is 4.39 Å². The van der Waals surface area contributed by atoms with E-state index in [9.17, 15) is 4.39 Å². The van der Waals surface area contributed by atoms with E-state index in [1.807, 2.05) is 35.2 Å². The molecule has 1 aromatic carbocycles.